The Morgan fingerprint density at radius 2 is 1.88 bits per heavy atom. The smallest absolute Gasteiger partial charge is 0.227 e. The fourth-order valence-electron chi connectivity index (χ4n) is 5.44. The van der Waals surface area contributed by atoms with Crippen molar-refractivity contribution in [2.75, 3.05) is 26.2 Å². The van der Waals surface area contributed by atoms with Crippen molar-refractivity contribution in [3.8, 4) is 0 Å². The lowest BCUT2D eigenvalue weighted by molar-refractivity contribution is -0.130. The number of fused-ring (bicyclic) bond motifs is 1. The predicted molar refractivity (Wildman–Crippen MR) is 126 cm³/mol. The lowest BCUT2D eigenvalue weighted by Gasteiger charge is -2.41. The zero-order valence-corrected chi connectivity index (χ0v) is 18.6. The van der Waals surface area contributed by atoms with Gasteiger partial charge in [-0.15, -0.1) is 0 Å². The predicted octanol–water partition coefficient (Wildman–Crippen LogP) is 4.33. The van der Waals surface area contributed by atoms with Crippen LogP contribution < -0.4 is 5.32 Å². The number of carbonyl (C=O) groups excluding carboxylic acids is 2. The van der Waals surface area contributed by atoms with Crippen LogP contribution in [0.1, 0.15) is 47.5 Å². The molecule has 1 atom stereocenters. The summed E-state index contributed by atoms with van der Waals surface area (Å²) in [5, 5.41) is 4.03. The summed E-state index contributed by atoms with van der Waals surface area (Å²) in [6, 6.07) is 16.3. The average Bonchev–Trinajstić information content (AvgIpc) is 3.16. The Bertz CT molecular complexity index is 1170. The first kappa shape index (κ1) is 21.7. The molecular weight excluding hydrogens is 417 g/mol. The standard InChI is InChI=1S/C27H28FN3O2/c28-22-9-7-19(8-10-22)23-18-30-26(33)27(23)11-14-31(15-12-27)13-3-6-25(32)21-16-20-4-1-2-5-24(20)29-17-21/h1-2,4-5,7-10,16-17,23H,3,6,11-15,18H2,(H,30,33)/t23-/m1/s1. The molecule has 1 amide bonds. The number of Topliss-reactive ketones (excluding diaryl/α,β-unsaturated/α-hetero) is 1. The highest BCUT2D eigenvalue weighted by Crippen LogP contribution is 2.47. The van der Waals surface area contributed by atoms with Gasteiger partial charge < -0.3 is 10.2 Å². The zero-order valence-electron chi connectivity index (χ0n) is 18.6. The van der Waals surface area contributed by atoms with Gasteiger partial charge in [-0.2, -0.15) is 0 Å². The van der Waals surface area contributed by atoms with E-state index in [1.807, 2.05) is 42.5 Å². The largest absolute Gasteiger partial charge is 0.355 e. The van der Waals surface area contributed by atoms with Gasteiger partial charge in [-0.25, -0.2) is 4.39 Å². The number of para-hydroxylation sites is 1. The molecule has 1 N–H and O–H groups in total. The highest BCUT2D eigenvalue weighted by Gasteiger charge is 2.51. The van der Waals surface area contributed by atoms with Crippen molar-refractivity contribution < 1.29 is 14.0 Å². The molecular formula is C27H28FN3O2. The third-order valence-electron chi connectivity index (χ3n) is 7.40. The van der Waals surface area contributed by atoms with Crippen LogP contribution in [0.3, 0.4) is 0 Å². The van der Waals surface area contributed by atoms with Crippen LogP contribution in [0.4, 0.5) is 4.39 Å². The number of nitrogens with one attached hydrogen (secondary N) is 1. The van der Waals surface area contributed by atoms with Crippen LogP contribution in [0.2, 0.25) is 0 Å². The molecule has 2 aromatic carbocycles. The Labute approximate surface area is 193 Å². The molecule has 0 bridgehead atoms. The molecule has 3 aromatic rings. The second-order valence-electron chi connectivity index (χ2n) is 9.26. The van der Waals surface area contributed by atoms with Crippen LogP contribution in [0.5, 0.6) is 0 Å². The van der Waals surface area contributed by atoms with Crippen molar-refractivity contribution in [3.63, 3.8) is 0 Å². The molecule has 6 heteroatoms. The second kappa shape index (κ2) is 9.02. The maximum atomic E-state index is 13.4. The number of benzene rings is 2. The van der Waals surface area contributed by atoms with Crippen LogP contribution in [0.25, 0.3) is 10.9 Å². The molecule has 1 aromatic heterocycles. The van der Waals surface area contributed by atoms with Crippen LogP contribution in [-0.2, 0) is 4.79 Å². The number of pyridine rings is 1. The summed E-state index contributed by atoms with van der Waals surface area (Å²) in [7, 11) is 0. The molecule has 2 saturated heterocycles. The molecule has 33 heavy (non-hydrogen) atoms. The summed E-state index contributed by atoms with van der Waals surface area (Å²) in [6.45, 7) is 3.11. The van der Waals surface area contributed by atoms with Crippen LogP contribution >= 0.6 is 0 Å². The Hall–Kier alpha value is -3.12. The molecule has 0 radical (unpaired) electrons. The van der Waals surface area contributed by atoms with E-state index >= 15 is 0 Å². The fraction of sp³-hybridized carbons (Fsp3) is 0.370. The number of halogens is 1. The molecule has 3 heterocycles. The van der Waals surface area contributed by atoms with Crippen LogP contribution in [0, 0.1) is 11.2 Å². The Balaban J connectivity index is 1.16. The fourth-order valence-corrected chi connectivity index (χ4v) is 5.44. The van der Waals surface area contributed by atoms with E-state index in [4.69, 9.17) is 0 Å². The van der Waals surface area contributed by atoms with Gasteiger partial charge in [-0.1, -0.05) is 30.3 Å². The highest BCUT2D eigenvalue weighted by molar-refractivity contribution is 5.98. The second-order valence-corrected chi connectivity index (χ2v) is 9.26. The monoisotopic (exact) mass is 445 g/mol. The minimum Gasteiger partial charge on any atom is -0.355 e. The van der Waals surface area contributed by atoms with Gasteiger partial charge in [-0.3, -0.25) is 14.6 Å². The van der Waals surface area contributed by atoms with Crippen molar-refractivity contribution in [2.45, 2.75) is 31.6 Å². The minimum atomic E-state index is -0.416. The molecule has 5 rings (SSSR count). The maximum absolute atomic E-state index is 13.4. The van der Waals surface area contributed by atoms with Crippen LogP contribution in [0.15, 0.2) is 60.8 Å². The van der Waals surface area contributed by atoms with E-state index in [2.05, 4.69) is 15.2 Å². The first-order valence-electron chi connectivity index (χ1n) is 11.7. The van der Waals surface area contributed by atoms with E-state index in [0.29, 0.717) is 18.5 Å². The number of ketones is 1. The Morgan fingerprint density at radius 1 is 1.12 bits per heavy atom. The third-order valence-corrected chi connectivity index (χ3v) is 7.40. The van der Waals surface area contributed by atoms with E-state index in [1.54, 1.807) is 6.20 Å². The van der Waals surface area contributed by atoms with Gasteiger partial charge >= 0.3 is 0 Å². The van der Waals surface area contributed by atoms with E-state index < -0.39 is 5.41 Å². The van der Waals surface area contributed by atoms with Crippen molar-refractivity contribution in [1.29, 1.82) is 0 Å². The molecule has 0 aliphatic carbocycles. The number of carbonyl (C=O) groups is 2. The van der Waals surface area contributed by atoms with Crippen LogP contribution in [-0.4, -0.2) is 47.8 Å². The summed E-state index contributed by atoms with van der Waals surface area (Å²) in [6.07, 6.45) is 4.50. The lowest BCUT2D eigenvalue weighted by atomic mass is 9.68. The number of nitrogens with zero attached hydrogens (tertiary/aromatic N) is 2. The summed E-state index contributed by atoms with van der Waals surface area (Å²) < 4.78 is 13.4. The van der Waals surface area contributed by atoms with E-state index in [0.717, 1.165) is 55.4 Å². The molecule has 1 spiro atoms. The van der Waals surface area contributed by atoms with E-state index in [-0.39, 0.29) is 23.4 Å². The van der Waals surface area contributed by atoms with Crippen molar-refractivity contribution in [2.24, 2.45) is 5.41 Å². The van der Waals surface area contributed by atoms with Gasteiger partial charge in [0, 0.05) is 36.0 Å². The molecule has 2 fully saturated rings. The van der Waals surface area contributed by atoms with Crippen molar-refractivity contribution in [3.05, 3.63) is 77.7 Å². The number of amides is 1. The topological polar surface area (TPSA) is 62.3 Å². The molecule has 2 aliphatic heterocycles. The maximum Gasteiger partial charge on any atom is 0.227 e. The molecule has 0 saturated carbocycles. The van der Waals surface area contributed by atoms with Gasteiger partial charge in [0.25, 0.3) is 0 Å². The minimum absolute atomic E-state index is 0.0785. The number of piperidine rings is 1. The quantitative estimate of drug-likeness (QED) is 0.574. The van der Waals surface area contributed by atoms with Gasteiger partial charge in [-0.05, 0) is 68.7 Å². The summed E-state index contributed by atoms with van der Waals surface area (Å²) in [5.41, 5.74) is 2.17. The Morgan fingerprint density at radius 3 is 2.67 bits per heavy atom. The lowest BCUT2D eigenvalue weighted by Crippen LogP contribution is -2.46. The molecule has 2 aliphatic rings. The first-order chi connectivity index (χ1) is 16.0. The number of aromatic nitrogens is 1. The van der Waals surface area contributed by atoms with Crippen molar-refractivity contribution in [1.82, 2.24) is 15.2 Å². The number of rotatable bonds is 6. The molecule has 0 unspecified atom stereocenters. The van der Waals surface area contributed by atoms with Gasteiger partial charge in [0.1, 0.15) is 5.82 Å². The summed E-state index contributed by atoms with van der Waals surface area (Å²) >= 11 is 0. The van der Waals surface area contributed by atoms with Gasteiger partial charge in [0.05, 0.1) is 10.9 Å². The van der Waals surface area contributed by atoms with Gasteiger partial charge in [0.15, 0.2) is 5.78 Å². The highest BCUT2D eigenvalue weighted by atomic mass is 19.1. The molecule has 170 valence electrons. The average molecular weight is 446 g/mol. The molecule has 5 nitrogen and oxygen atoms in total. The zero-order chi connectivity index (χ0) is 22.8. The number of likely N-dealkylation sites (tertiary alicyclic amines) is 1. The summed E-state index contributed by atoms with van der Waals surface area (Å²) in [4.78, 5) is 32.2. The van der Waals surface area contributed by atoms with E-state index in [9.17, 15) is 14.0 Å². The first-order valence-corrected chi connectivity index (χ1v) is 11.7. The van der Waals surface area contributed by atoms with E-state index in [1.165, 1.54) is 12.1 Å². The Kier molecular flexibility index (Phi) is 5.94. The summed E-state index contributed by atoms with van der Waals surface area (Å²) in [5.74, 6) is 0.0624. The normalized spacial score (nSPS) is 20.3. The number of hydrogen-bond donors (Lipinski definition) is 1. The SMILES string of the molecule is O=C(CCCN1CCC2(CC1)C(=O)NC[C@@H]2c1ccc(F)cc1)c1cnc2ccccc2c1. The van der Waals surface area contributed by atoms with Crippen molar-refractivity contribution >= 4 is 22.6 Å². The third kappa shape index (κ3) is 4.27. The number of hydrogen-bond acceptors (Lipinski definition) is 4. The van der Waals surface area contributed by atoms with Gasteiger partial charge in [0.2, 0.25) is 5.91 Å².